The molecule has 1 aliphatic rings. The molecule has 1 heterocycles. The lowest BCUT2D eigenvalue weighted by Crippen LogP contribution is -2.57. The average molecular weight is 365 g/mol. The van der Waals surface area contributed by atoms with Gasteiger partial charge in [-0.1, -0.05) is 19.1 Å². The number of halogens is 3. The number of piperazine rings is 1. The summed E-state index contributed by atoms with van der Waals surface area (Å²) in [5, 5.41) is 2.98. The molecule has 0 bridgehead atoms. The summed E-state index contributed by atoms with van der Waals surface area (Å²) in [5.41, 5.74) is 0.961. The van der Waals surface area contributed by atoms with Crippen molar-refractivity contribution in [2.24, 2.45) is 0 Å². The zero-order valence-corrected chi connectivity index (χ0v) is 14.3. The zero-order valence-electron chi connectivity index (χ0n) is 13.4. The fourth-order valence-electron chi connectivity index (χ4n) is 2.62. The maximum Gasteiger partial charge on any atom is 0.405 e. The standard InChI is InChI=1S/C15H22F3N3O2S/c1-2-12-3-5-13(6-4-12)24(22,23)20-11-14(15(16,17)18)21-9-7-19-8-10-21/h3-6,14,19-20H,2,7-11H2,1H3. The maximum absolute atomic E-state index is 13.3. The highest BCUT2D eigenvalue weighted by atomic mass is 32.2. The van der Waals surface area contributed by atoms with E-state index in [-0.39, 0.29) is 18.0 Å². The summed E-state index contributed by atoms with van der Waals surface area (Å²) in [6.07, 6.45) is -3.74. The molecule has 0 saturated carbocycles. The smallest absolute Gasteiger partial charge is 0.314 e. The third kappa shape index (κ3) is 4.92. The van der Waals surface area contributed by atoms with Crippen molar-refractivity contribution in [3.8, 4) is 0 Å². The number of aryl methyl sites for hydroxylation is 1. The molecule has 0 amide bonds. The molecule has 1 aliphatic heterocycles. The van der Waals surface area contributed by atoms with Gasteiger partial charge < -0.3 is 5.32 Å². The molecule has 2 rings (SSSR count). The van der Waals surface area contributed by atoms with Crippen LogP contribution in [0.15, 0.2) is 29.2 Å². The molecule has 1 aromatic carbocycles. The van der Waals surface area contributed by atoms with E-state index in [1.807, 2.05) is 6.92 Å². The van der Waals surface area contributed by atoms with Crippen LogP contribution in [0.3, 0.4) is 0 Å². The largest absolute Gasteiger partial charge is 0.405 e. The summed E-state index contributed by atoms with van der Waals surface area (Å²) in [5.74, 6) is 0. The molecule has 0 aliphatic carbocycles. The van der Waals surface area contributed by atoms with Gasteiger partial charge in [-0.05, 0) is 24.1 Å². The summed E-state index contributed by atoms with van der Waals surface area (Å²) in [6, 6.07) is 4.31. The second kappa shape index (κ2) is 7.81. The van der Waals surface area contributed by atoms with E-state index in [1.54, 1.807) is 12.1 Å². The highest BCUT2D eigenvalue weighted by Crippen LogP contribution is 2.25. The first-order valence-corrected chi connectivity index (χ1v) is 9.32. The second-order valence-corrected chi connectivity index (χ2v) is 7.46. The topological polar surface area (TPSA) is 61.4 Å². The number of sulfonamides is 1. The Morgan fingerprint density at radius 2 is 1.79 bits per heavy atom. The molecule has 1 aromatic rings. The summed E-state index contributed by atoms with van der Waals surface area (Å²) < 4.78 is 66.4. The van der Waals surface area contributed by atoms with Crippen molar-refractivity contribution in [1.29, 1.82) is 0 Å². The molecule has 1 unspecified atom stereocenters. The van der Waals surface area contributed by atoms with E-state index in [0.717, 1.165) is 12.0 Å². The van der Waals surface area contributed by atoms with Gasteiger partial charge in [-0.15, -0.1) is 0 Å². The van der Waals surface area contributed by atoms with Gasteiger partial charge in [0.05, 0.1) is 4.90 Å². The van der Waals surface area contributed by atoms with E-state index in [2.05, 4.69) is 10.0 Å². The Kier molecular flexibility index (Phi) is 6.24. The summed E-state index contributed by atoms with van der Waals surface area (Å²) in [7, 11) is -3.97. The minimum absolute atomic E-state index is 0.0269. The van der Waals surface area contributed by atoms with Crippen LogP contribution >= 0.6 is 0 Å². The first-order valence-electron chi connectivity index (χ1n) is 7.84. The molecular weight excluding hydrogens is 343 g/mol. The van der Waals surface area contributed by atoms with Crippen molar-refractivity contribution in [3.63, 3.8) is 0 Å². The predicted molar refractivity (Wildman–Crippen MR) is 85.3 cm³/mol. The number of hydrogen-bond donors (Lipinski definition) is 2. The summed E-state index contributed by atoms with van der Waals surface area (Å²) in [6.45, 7) is 2.62. The van der Waals surface area contributed by atoms with E-state index in [0.29, 0.717) is 13.1 Å². The highest BCUT2D eigenvalue weighted by molar-refractivity contribution is 7.89. The van der Waals surface area contributed by atoms with Crippen LogP contribution in [0.2, 0.25) is 0 Å². The number of rotatable bonds is 6. The Morgan fingerprint density at radius 1 is 1.21 bits per heavy atom. The lowest BCUT2D eigenvalue weighted by atomic mass is 10.2. The normalized spacial score (nSPS) is 18.5. The monoisotopic (exact) mass is 365 g/mol. The van der Waals surface area contributed by atoms with Crippen molar-refractivity contribution in [1.82, 2.24) is 14.9 Å². The summed E-state index contributed by atoms with van der Waals surface area (Å²) >= 11 is 0. The quantitative estimate of drug-likeness (QED) is 0.799. The van der Waals surface area contributed by atoms with Gasteiger partial charge in [0.15, 0.2) is 0 Å². The molecule has 0 spiro atoms. The lowest BCUT2D eigenvalue weighted by molar-refractivity contribution is -0.182. The lowest BCUT2D eigenvalue weighted by Gasteiger charge is -2.35. The van der Waals surface area contributed by atoms with Gasteiger partial charge in [0.25, 0.3) is 0 Å². The number of nitrogens with zero attached hydrogens (tertiary/aromatic N) is 1. The van der Waals surface area contributed by atoms with Crippen LogP contribution in [0.1, 0.15) is 12.5 Å². The molecule has 5 nitrogen and oxygen atoms in total. The SMILES string of the molecule is CCc1ccc(S(=O)(=O)NCC(N2CCNCC2)C(F)(F)F)cc1. The van der Waals surface area contributed by atoms with E-state index in [9.17, 15) is 21.6 Å². The second-order valence-electron chi connectivity index (χ2n) is 5.69. The molecule has 2 N–H and O–H groups in total. The number of alkyl halides is 3. The minimum atomic E-state index is -4.49. The van der Waals surface area contributed by atoms with Gasteiger partial charge in [-0.25, -0.2) is 13.1 Å². The van der Waals surface area contributed by atoms with E-state index >= 15 is 0 Å². The zero-order chi connectivity index (χ0) is 17.8. The van der Waals surface area contributed by atoms with Crippen LogP contribution in [0, 0.1) is 0 Å². The van der Waals surface area contributed by atoms with Crippen molar-refractivity contribution >= 4 is 10.0 Å². The van der Waals surface area contributed by atoms with Crippen molar-refractivity contribution in [3.05, 3.63) is 29.8 Å². The molecule has 1 atom stereocenters. The first-order chi connectivity index (χ1) is 11.2. The third-order valence-corrected chi connectivity index (χ3v) is 5.52. The Labute approximate surface area is 140 Å². The van der Waals surface area contributed by atoms with Gasteiger partial charge in [-0.3, -0.25) is 4.90 Å². The van der Waals surface area contributed by atoms with Gasteiger partial charge in [0, 0.05) is 32.7 Å². The Hall–Kier alpha value is -1.16. The third-order valence-electron chi connectivity index (χ3n) is 4.08. The highest BCUT2D eigenvalue weighted by Gasteiger charge is 2.44. The predicted octanol–water partition coefficient (Wildman–Crippen LogP) is 1.36. The molecular formula is C15H22F3N3O2S. The molecule has 136 valence electrons. The fourth-order valence-corrected chi connectivity index (χ4v) is 3.66. The van der Waals surface area contributed by atoms with Gasteiger partial charge in [-0.2, -0.15) is 13.2 Å². The van der Waals surface area contributed by atoms with Crippen LogP contribution in [0.4, 0.5) is 13.2 Å². The maximum atomic E-state index is 13.3. The van der Waals surface area contributed by atoms with Gasteiger partial charge in [0.2, 0.25) is 10.0 Å². The molecule has 0 aromatic heterocycles. The van der Waals surface area contributed by atoms with Crippen LogP contribution < -0.4 is 10.0 Å². The van der Waals surface area contributed by atoms with Crippen molar-refractivity contribution < 1.29 is 21.6 Å². The Morgan fingerprint density at radius 3 is 2.29 bits per heavy atom. The Balaban J connectivity index is 2.08. The molecule has 1 fully saturated rings. The summed E-state index contributed by atoms with van der Waals surface area (Å²) in [4.78, 5) is 1.24. The number of benzene rings is 1. The van der Waals surface area contributed by atoms with Crippen LogP contribution in [-0.4, -0.2) is 58.3 Å². The van der Waals surface area contributed by atoms with Crippen LogP contribution in [-0.2, 0) is 16.4 Å². The van der Waals surface area contributed by atoms with E-state index < -0.39 is 28.8 Å². The van der Waals surface area contributed by atoms with Crippen molar-refractivity contribution in [2.45, 2.75) is 30.5 Å². The Bertz CT molecular complexity index is 626. The molecule has 1 saturated heterocycles. The minimum Gasteiger partial charge on any atom is -0.314 e. The number of hydrogen-bond acceptors (Lipinski definition) is 4. The van der Waals surface area contributed by atoms with Crippen molar-refractivity contribution in [2.75, 3.05) is 32.7 Å². The van der Waals surface area contributed by atoms with Gasteiger partial charge >= 0.3 is 6.18 Å². The first kappa shape index (κ1) is 19.2. The molecule has 9 heteroatoms. The molecule has 24 heavy (non-hydrogen) atoms. The average Bonchev–Trinajstić information content (AvgIpc) is 2.54. The number of nitrogens with one attached hydrogen (secondary N) is 2. The molecule has 0 radical (unpaired) electrons. The van der Waals surface area contributed by atoms with E-state index in [1.165, 1.54) is 17.0 Å². The van der Waals surface area contributed by atoms with E-state index in [4.69, 9.17) is 0 Å². The van der Waals surface area contributed by atoms with Crippen LogP contribution in [0.25, 0.3) is 0 Å². The van der Waals surface area contributed by atoms with Gasteiger partial charge in [0.1, 0.15) is 6.04 Å². The van der Waals surface area contributed by atoms with Crippen LogP contribution in [0.5, 0.6) is 0 Å². The fraction of sp³-hybridized carbons (Fsp3) is 0.600.